The first-order valence-electron chi connectivity index (χ1n) is 10.9. The van der Waals surface area contributed by atoms with Crippen molar-refractivity contribution in [1.82, 2.24) is 0 Å². The van der Waals surface area contributed by atoms with Crippen LogP contribution in [0, 0.1) is 57.7 Å². The molecular formula is C22H34N2. The molecule has 8 saturated carbocycles. The lowest BCUT2D eigenvalue weighted by Gasteiger charge is -2.67. The molecule has 0 heterocycles. The molecule has 8 fully saturated rings. The summed E-state index contributed by atoms with van der Waals surface area (Å²) >= 11 is 0. The molecule has 0 aromatic carbocycles. The van der Waals surface area contributed by atoms with E-state index in [0.29, 0.717) is 22.6 Å². The molecule has 0 unspecified atom stereocenters. The van der Waals surface area contributed by atoms with Crippen LogP contribution < -0.4 is 5.73 Å². The van der Waals surface area contributed by atoms with Gasteiger partial charge in [-0.15, -0.1) is 0 Å². The summed E-state index contributed by atoms with van der Waals surface area (Å²) in [5.41, 5.74) is 7.34. The second-order valence-electron chi connectivity index (χ2n) is 11.4. The summed E-state index contributed by atoms with van der Waals surface area (Å²) in [6, 6.07) is 0. The fourth-order valence-corrected chi connectivity index (χ4v) is 10.4. The summed E-state index contributed by atoms with van der Waals surface area (Å²) in [6.07, 6.45) is 17.6. The Bertz CT molecular complexity index is 462. The maximum Gasteiger partial charge on any atom is 0.0948 e. The Morgan fingerprint density at radius 1 is 0.625 bits per heavy atom. The topological polar surface area (TPSA) is 49.9 Å². The number of rotatable bonds is 3. The molecule has 24 heavy (non-hydrogen) atoms. The number of amidine groups is 1. The summed E-state index contributed by atoms with van der Waals surface area (Å²) in [5.74, 6) is 6.91. The van der Waals surface area contributed by atoms with Crippen molar-refractivity contribution in [3.8, 4) is 0 Å². The van der Waals surface area contributed by atoms with E-state index < -0.39 is 0 Å². The van der Waals surface area contributed by atoms with Gasteiger partial charge in [0.15, 0.2) is 0 Å². The van der Waals surface area contributed by atoms with E-state index in [0.717, 1.165) is 35.5 Å². The third-order valence-corrected chi connectivity index (χ3v) is 9.71. The number of nitrogens with two attached hydrogens (primary N) is 1. The molecule has 0 aromatic rings. The Morgan fingerprint density at radius 3 is 1.08 bits per heavy atom. The van der Waals surface area contributed by atoms with Gasteiger partial charge < -0.3 is 5.73 Å². The molecular weight excluding hydrogens is 292 g/mol. The van der Waals surface area contributed by atoms with Crippen LogP contribution in [-0.2, 0) is 0 Å². The van der Waals surface area contributed by atoms with Crippen molar-refractivity contribution in [2.75, 3.05) is 0 Å². The molecule has 3 N–H and O–H groups in total. The van der Waals surface area contributed by atoms with Gasteiger partial charge in [0, 0.05) is 5.92 Å². The molecule has 132 valence electrons. The van der Waals surface area contributed by atoms with E-state index in [1.165, 1.54) is 77.0 Å². The van der Waals surface area contributed by atoms with Crippen LogP contribution in [0.4, 0.5) is 0 Å². The van der Waals surface area contributed by atoms with Gasteiger partial charge >= 0.3 is 0 Å². The molecule has 0 aliphatic heterocycles. The Morgan fingerprint density at radius 2 is 0.875 bits per heavy atom. The van der Waals surface area contributed by atoms with Gasteiger partial charge in [0.05, 0.1) is 5.84 Å². The second-order valence-corrected chi connectivity index (χ2v) is 11.4. The maximum absolute atomic E-state index is 8.70. The van der Waals surface area contributed by atoms with Crippen molar-refractivity contribution >= 4 is 5.84 Å². The second kappa shape index (κ2) is 4.60. The van der Waals surface area contributed by atoms with Crippen LogP contribution in [0.15, 0.2) is 0 Å². The molecule has 8 rings (SSSR count). The van der Waals surface area contributed by atoms with Crippen LogP contribution >= 0.6 is 0 Å². The highest BCUT2D eigenvalue weighted by Gasteiger charge is 2.63. The predicted octanol–water partition coefficient (Wildman–Crippen LogP) is 4.97. The van der Waals surface area contributed by atoms with E-state index >= 15 is 0 Å². The van der Waals surface area contributed by atoms with Crippen LogP contribution in [0.3, 0.4) is 0 Å². The third-order valence-electron chi connectivity index (χ3n) is 9.71. The van der Waals surface area contributed by atoms with Gasteiger partial charge in [-0.25, -0.2) is 0 Å². The lowest BCUT2D eigenvalue weighted by molar-refractivity contribution is -0.150. The van der Waals surface area contributed by atoms with Crippen molar-refractivity contribution in [3.63, 3.8) is 0 Å². The summed E-state index contributed by atoms with van der Waals surface area (Å²) in [4.78, 5) is 0. The van der Waals surface area contributed by atoms with Crippen molar-refractivity contribution < 1.29 is 0 Å². The van der Waals surface area contributed by atoms with E-state index in [1.807, 2.05) is 0 Å². The van der Waals surface area contributed by atoms with Gasteiger partial charge in [0.25, 0.3) is 0 Å². The van der Waals surface area contributed by atoms with E-state index in [9.17, 15) is 0 Å². The summed E-state index contributed by atoms with van der Waals surface area (Å²) < 4.78 is 0. The first kappa shape index (κ1) is 14.6. The van der Waals surface area contributed by atoms with Crippen molar-refractivity contribution in [3.05, 3.63) is 0 Å². The Kier molecular flexibility index (Phi) is 2.80. The molecule has 2 heteroatoms. The highest BCUT2D eigenvalue weighted by molar-refractivity contribution is 5.81. The van der Waals surface area contributed by atoms with E-state index in [1.54, 1.807) is 0 Å². The van der Waals surface area contributed by atoms with Gasteiger partial charge in [-0.1, -0.05) is 0 Å². The van der Waals surface area contributed by atoms with Crippen LogP contribution in [0.5, 0.6) is 0 Å². The van der Waals surface area contributed by atoms with Crippen LogP contribution in [0.1, 0.15) is 77.0 Å². The summed E-state index contributed by atoms with van der Waals surface area (Å²) in [7, 11) is 0. The average molecular weight is 327 g/mol. The smallest absolute Gasteiger partial charge is 0.0948 e. The summed E-state index contributed by atoms with van der Waals surface area (Å²) in [5, 5.41) is 8.70. The van der Waals surface area contributed by atoms with Crippen LogP contribution in [-0.4, -0.2) is 5.84 Å². The maximum atomic E-state index is 8.70. The van der Waals surface area contributed by atoms with Gasteiger partial charge in [-0.05, 0) is 123 Å². The van der Waals surface area contributed by atoms with E-state index in [2.05, 4.69) is 0 Å². The highest BCUT2D eigenvalue weighted by Crippen LogP contribution is 2.71. The zero-order valence-corrected chi connectivity index (χ0v) is 15.1. The van der Waals surface area contributed by atoms with Crippen molar-refractivity contribution in [2.45, 2.75) is 77.0 Å². The van der Waals surface area contributed by atoms with E-state index in [-0.39, 0.29) is 0 Å². The van der Waals surface area contributed by atoms with Crippen LogP contribution in [0.25, 0.3) is 0 Å². The number of hydrogen-bond donors (Lipinski definition) is 2. The Hall–Kier alpha value is -0.530. The van der Waals surface area contributed by atoms with Crippen molar-refractivity contribution in [1.29, 1.82) is 5.41 Å². The lowest BCUT2D eigenvalue weighted by Crippen LogP contribution is -2.61. The standard InChI is InChI=1S/C22H34N2/c23-20(24)19(21-7-13-1-14(8-21)3-15(2-13)9-21)22-10-16-4-17(11-22)6-18(5-16)12-22/h13-19H,1-12H2,(H3,23,24). The zero-order valence-electron chi connectivity index (χ0n) is 15.1. The summed E-state index contributed by atoms with van der Waals surface area (Å²) in [6.45, 7) is 0. The predicted molar refractivity (Wildman–Crippen MR) is 96.6 cm³/mol. The van der Waals surface area contributed by atoms with Gasteiger partial charge in [0.2, 0.25) is 0 Å². The molecule has 0 radical (unpaired) electrons. The molecule has 0 spiro atoms. The lowest BCUT2D eigenvalue weighted by atomic mass is 9.38. The molecule has 8 aliphatic rings. The first-order chi connectivity index (χ1) is 11.5. The number of nitrogens with one attached hydrogen (secondary N) is 1. The van der Waals surface area contributed by atoms with Gasteiger partial charge in [0.1, 0.15) is 0 Å². The SMILES string of the molecule is N=C(N)C(C12CC3CC(CC(C3)C1)C2)C12CC3CC(CC(C3)C1)C2. The minimum atomic E-state index is 0.437. The quantitative estimate of drug-likeness (QED) is 0.558. The fourth-order valence-electron chi connectivity index (χ4n) is 10.4. The molecule has 0 amide bonds. The third kappa shape index (κ3) is 1.86. The van der Waals surface area contributed by atoms with E-state index in [4.69, 9.17) is 11.1 Å². The Balaban J connectivity index is 1.42. The molecule has 8 aliphatic carbocycles. The van der Waals surface area contributed by atoms with Crippen LogP contribution in [0.2, 0.25) is 0 Å². The minimum Gasteiger partial charge on any atom is -0.387 e. The number of hydrogen-bond acceptors (Lipinski definition) is 1. The Labute approximate surface area is 146 Å². The minimum absolute atomic E-state index is 0.437. The normalized spacial score (nSPS) is 58.2. The largest absolute Gasteiger partial charge is 0.387 e. The fraction of sp³-hybridized carbons (Fsp3) is 0.955. The molecule has 0 aromatic heterocycles. The van der Waals surface area contributed by atoms with Crippen molar-refractivity contribution in [2.24, 2.45) is 58.0 Å². The molecule has 2 nitrogen and oxygen atoms in total. The highest BCUT2D eigenvalue weighted by atomic mass is 14.8. The molecule has 0 atom stereocenters. The van der Waals surface area contributed by atoms with Gasteiger partial charge in [-0.3, -0.25) is 5.41 Å². The monoisotopic (exact) mass is 326 g/mol. The molecule has 0 saturated heterocycles. The average Bonchev–Trinajstić information content (AvgIpc) is 2.42. The van der Waals surface area contributed by atoms with Gasteiger partial charge in [-0.2, -0.15) is 0 Å². The molecule has 8 bridgehead atoms. The first-order valence-corrected chi connectivity index (χ1v) is 10.9. The zero-order chi connectivity index (χ0) is 16.1.